The topological polar surface area (TPSA) is 78.4 Å². The number of amides is 1. The molecule has 31 heavy (non-hydrogen) atoms. The number of carbonyl (C=O) groups excluding carboxylic acids is 1. The van der Waals surface area contributed by atoms with E-state index in [0.717, 1.165) is 44.2 Å². The Morgan fingerprint density at radius 1 is 1.19 bits per heavy atom. The van der Waals surface area contributed by atoms with Crippen LogP contribution in [-0.2, 0) is 16.1 Å². The average Bonchev–Trinajstić information content (AvgIpc) is 2.74. The highest BCUT2D eigenvalue weighted by molar-refractivity contribution is 14.0. The highest BCUT2D eigenvalue weighted by Crippen LogP contribution is 2.19. The zero-order chi connectivity index (χ0) is 21.8. The van der Waals surface area contributed by atoms with Gasteiger partial charge in [0, 0.05) is 46.4 Å². The van der Waals surface area contributed by atoms with E-state index in [-0.39, 0.29) is 41.5 Å². The van der Waals surface area contributed by atoms with Crippen molar-refractivity contribution in [3.63, 3.8) is 0 Å². The molecule has 0 aromatic heterocycles. The summed E-state index contributed by atoms with van der Waals surface area (Å²) in [6.07, 6.45) is 0. The van der Waals surface area contributed by atoms with Crippen LogP contribution in [0.15, 0.2) is 23.2 Å². The second-order valence-corrected chi connectivity index (χ2v) is 6.97. The molecule has 2 rings (SSSR count). The number of hydrogen-bond acceptors (Lipinski definition) is 5. The molecular weight excluding hydrogens is 516 g/mol. The molecule has 10 heteroatoms. The van der Waals surface area contributed by atoms with Crippen LogP contribution in [-0.4, -0.2) is 87.8 Å². The Morgan fingerprint density at radius 3 is 2.55 bits per heavy atom. The third-order valence-corrected chi connectivity index (χ3v) is 4.71. The van der Waals surface area contributed by atoms with Gasteiger partial charge in [-0.25, -0.2) is 9.38 Å². The van der Waals surface area contributed by atoms with Crippen LogP contribution in [0, 0.1) is 5.82 Å². The van der Waals surface area contributed by atoms with E-state index in [4.69, 9.17) is 9.47 Å². The zero-order valence-corrected chi connectivity index (χ0v) is 21.0. The summed E-state index contributed by atoms with van der Waals surface area (Å²) in [4.78, 5) is 20.9. The van der Waals surface area contributed by atoms with Gasteiger partial charge in [0.25, 0.3) is 0 Å². The minimum absolute atomic E-state index is 0. The van der Waals surface area contributed by atoms with Crippen LogP contribution in [0.3, 0.4) is 0 Å². The summed E-state index contributed by atoms with van der Waals surface area (Å²) in [5.74, 6) is 0.709. The van der Waals surface area contributed by atoms with Gasteiger partial charge in [-0.15, -0.1) is 24.0 Å². The fourth-order valence-corrected chi connectivity index (χ4v) is 3.18. The number of rotatable bonds is 10. The lowest BCUT2D eigenvalue weighted by Crippen LogP contribution is -2.54. The highest BCUT2D eigenvalue weighted by atomic mass is 127. The van der Waals surface area contributed by atoms with Gasteiger partial charge in [0.05, 0.1) is 26.3 Å². The molecule has 1 aliphatic heterocycles. The summed E-state index contributed by atoms with van der Waals surface area (Å²) in [6, 6.07) is 4.95. The number of benzene rings is 1. The molecule has 1 aliphatic rings. The lowest BCUT2D eigenvalue weighted by atomic mass is 10.2. The first-order valence-corrected chi connectivity index (χ1v) is 10.5. The first kappa shape index (κ1) is 27.4. The number of nitrogens with one attached hydrogen (secondary N) is 2. The van der Waals surface area contributed by atoms with E-state index in [1.807, 2.05) is 19.9 Å². The van der Waals surface area contributed by atoms with Crippen LogP contribution in [0.4, 0.5) is 4.39 Å². The van der Waals surface area contributed by atoms with E-state index < -0.39 is 0 Å². The van der Waals surface area contributed by atoms with Gasteiger partial charge in [-0.2, -0.15) is 0 Å². The monoisotopic (exact) mass is 551 g/mol. The van der Waals surface area contributed by atoms with E-state index in [1.165, 1.54) is 6.07 Å². The van der Waals surface area contributed by atoms with Crippen molar-refractivity contribution in [2.24, 2.45) is 4.99 Å². The third kappa shape index (κ3) is 9.56. The van der Waals surface area contributed by atoms with Gasteiger partial charge >= 0.3 is 0 Å². The molecule has 1 amide bonds. The molecule has 0 saturated carbocycles. The molecule has 8 nitrogen and oxygen atoms in total. The SMILES string of the molecule is CCNC(=NCc1ccc(OCC)c(F)c1)N1CCN(CC(=O)NCCOC)CC1.I. The van der Waals surface area contributed by atoms with Crippen molar-refractivity contribution in [1.29, 1.82) is 0 Å². The Labute approximate surface area is 201 Å². The van der Waals surface area contributed by atoms with Crippen molar-refractivity contribution in [2.45, 2.75) is 20.4 Å². The van der Waals surface area contributed by atoms with E-state index in [2.05, 4.69) is 25.4 Å². The van der Waals surface area contributed by atoms with Crippen LogP contribution in [0.2, 0.25) is 0 Å². The molecule has 0 spiro atoms. The van der Waals surface area contributed by atoms with Crippen LogP contribution in [0.1, 0.15) is 19.4 Å². The van der Waals surface area contributed by atoms with Crippen molar-refractivity contribution in [3.8, 4) is 5.75 Å². The molecule has 0 aliphatic carbocycles. The zero-order valence-electron chi connectivity index (χ0n) is 18.7. The normalized spacial score (nSPS) is 14.7. The molecule has 2 N–H and O–H groups in total. The van der Waals surface area contributed by atoms with Gasteiger partial charge in [0.15, 0.2) is 17.5 Å². The summed E-state index contributed by atoms with van der Waals surface area (Å²) < 4.78 is 24.3. The summed E-state index contributed by atoms with van der Waals surface area (Å²) >= 11 is 0. The van der Waals surface area contributed by atoms with Gasteiger partial charge < -0.3 is 25.0 Å². The highest BCUT2D eigenvalue weighted by Gasteiger charge is 2.21. The number of piperazine rings is 1. The fourth-order valence-electron chi connectivity index (χ4n) is 3.18. The predicted molar refractivity (Wildman–Crippen MR) is 131 cm³/mol. The summed E-state index contributed by atoms with van der Waals surface area (Å²) in [7, 11) is 1.61. The van der Waals surface area contributed by atoms with Gasteiger partial charge in [-0.05, 0) is 31.5 Å². The largest absolute Gasteiger partial charge is 0.491 e. The van der Waals surface area contributed by atoms with Crippen LogP contribution in [0.25, 0.3) is 0 Å². The van der Waals surface area contributed by atoms with Crippen LogP contribution in [0.5, 0.6) is 5.75 Å². The van der Waals surface area contributed by atoms with Crippen molar-refractivity contribution in [3.05, 3.63) is 29.6 Å². The van der Waals surface area contributed by atoms with Crippen molar-refractivity contribution in [1.82, 2.24) is 20.4 Å². The summed E-state index contributed by atoms with van der Waals surface area (Å²) in [5, 5.41) is 6.15. The number of nitrogens with zero attached hydrogens (tertiary/aromatic N) is 3. The molecule has 0 atom stereocenters. The number of halogens is 2. The molecule has 1 saturated heterocycles. The van der Waals surface area contributed by atoms with Crippen molar-refractivity contribution >= 4 is 35.8 Å². The van der Waals surface area contributed by atoms with Crippen molar-refractivity contribution in [2.75, 3.05) is 66.1 Å². The number of carbonyl (C=O) groups is 1. The number of ether oxygens (including phenoxy) is 2. The molecule has 1 heterocycles. The quantitative estimate of drug-likeness (QED) is 0.200. The standard InChI is InChI=1S/C21H34FN5O3.HI/c1-4-23-21(25-15-17-6-7-19(30-5-2)18(22)14-17)27-11-9-26(10-12-27)16-20(28)24-8-13-29-3;/h6-7,14H,4-5,8-13,15-16H2,1-3H3,(H,23,25)(H,24,28);1H. The molecule has 176 valence electrons. The van der Waals surface area contributed by atoms with Crippen molar-refractivity contribution < 1.29 is 18.7 Å². The Bertz CT molecular complexity index is 700. The maximum absolute atomic E-state index is 14.1. The first-order valence-electron chi connectivity index (χ1n) is 10.5. The Hall–Kier alpha value is -1.66. The molecular formula is C21H35FIN5O3. The lowest BCUT2D eigenvalue weighted by Gasteiger charge is -2.36. The van der Waals surface area contributed by atoms with E-state index in [1.54, 1.807) is 13.2 Å². The second kappa shape index (κ2) is 15.2. The number of methoxy groups -OCH3 is 1. The number of hydrogen-bond donors (Lipinski definition) is 2. The third-order valence-electron chi connectivity index (χ3n) is 4.71. The summed E-state index contributed by atoms with van der Waals surface area (Å²) in [6.45, 7) is 9.94. The lowest BCUT2D eigenvalue weighted by molar-refractivity contribution is -0.122. The Morgan fingerprint density at radius 2 is 1.94 bits per heavy atom. The minimum Gasteiger partial charge on any atom is -0.491 e. The first-order chi connectivity index (χ1) is 14.6. The minimum atomic E-state index is -0.369. The van der Waals surface area contributed by atoms with Gasteiger partial charge in [0.2, 0.25) is 5.91 Å². The van der Waals surface area contributed by atoms with Crippen LogP contribution >= 0.6 is 24.0 Å². The molecule has 0 bridgehead atoms. The molecule has 0 unspecified atom stereocenters. The van der Waals surface area contributed by atoms with Gasteiger partial charge in [-0.3, -0.25) is 9.69 Å². The van der Waals surface area contributed by atoms with Gasteiger partial charge in [0.1, 0.15) is 0 Å². The maximum atomic E-state index is 14.1. The fraction of sp³-hybridized carbons (Fsp3) is 0.619. The average molecular weight is 551 g/mol. The Balaban J connectivity index is 0.00000480. The molecule has 1 fully saturated rings. The van der Waals surface area contributed by atoms with E-state index in [0.29, 0.717) is 32.8 Å². The van der Waals surface area contributed by atoms with Gasteiger partial charge in [-0.1, -0.05) is 6.07 Å². The Kier molecular flexibility index (Phi) is 13.4. The van der Waals surface area contributed by atoms with E-state index in [9.17, 15) is 9.18 Å². The number of aliphatic imine (C=N–C) groups is 1. The molecule has 1 aromatic rings. The molecule has 1 aromatic carbocycles. The van der Waals surface area contributed by atoms with Crippen LogP contribution < -0.4 is 15.4 Å². The molecule has 0 radical (unpaired) electrons. The van der Waals surface area contributed by atoms with E-state index >= 15 is 0 Å². The smallest absolute Gasteiger partial charge is 0.234 e. The maximum Gasteiger partial charge on any atom is 0.234 e. The predicted octanol–water partition coefficient (Wildman–Crippen LogP) is 1.69. The second-order valence-electron chi connectivity index (χ2n) is 6.97. The number of guanidine groups is 1. The summed E-state index contributed by atoms with van der Waals surface area (Å²) in [5.41, 5.74) is 0.790.